The van der Waals surface area contributed by atoms with Crippen molar-refractivity contribution in [3.05, 3.63) is 34.2 Å². The van der Waals surface area contributed by atoms with E-state index in [0.717, 1.165) is 6.07 Å². The van der Waals surface area contributed by atoms with Gasteiger partial charge in [-0.3, -0.25) is 0 Å². The first-order chi connectivity index (χ1) is 8.32. The van der Waals surface area contributed by atoms with Gasteiger partial charge in [-0.15, -0.1) is 11.6 Å². The second kappa shape index (κ2) is 4.31. The highest BCUT2D eigenvalue weighted by atomic mass is 35.5. The minimum atomic E-state index is -4.34. The molecule has 98 valence electrons. The van der Waals surface area contributed by atoms with Crippen LogP contribution in [0.5, 0.6) is 0 Å². The highest BCUT2D eigenvalue weighted by Gasteiger charge is 2.48. The molecule has 2 aromatic rings. The van der Waals surface area contributed by atoms with Crippen molar-refractivity contribution in [1.29, 1.82) is 0 Å². The Hall–Kier alpha value is -1.50. The number of aromatic nitrogens is 2. The number of aromatic amines is 2. The van der Waals surface area contributed by atoms with Gasteiger partial charge in [0.25, 0.3) is 0 Å². The molecule has 0 amide bonds. The van der Waals surface area contributed by atoms with Crippen molar-refractivity contribution in [2.45, 2.75) is 17.7 Å². The van der Waals surface area contributed by atoms with Crippen LogP contribution in [0.1, 0.15) is 10.9 Å². The molecule has 0 aliphatic heterocycles. The first-order valence-electron chi connectivity index (χ1n) is 4.84. The number of benzene rings is 1. The zero-order chi connectivity index (χ0) is 13.5. The van der Waals surface area contributed by atoms with E-state index >= 15 is 0 Å². The van der Waals surface area contributed by atoms with Crippen LogP contribution in [0.15, 0.2) is 23.0 Å². The Morgan fingerprint density at radius 1 is 1.17 bits per heavy atom. The van der Waals surface area contributed by atoms with Crippen LogP contribution in [-0.2, 0) is 0 Å². The van der Waals surface area contributed by atoms with Crippen molar-refractivity contribution in [3.8, 4) is 0 Å². The van der Waals surface area contributed by atoms with Crippen molar-refractivity contribution < 1.29 is 17.6 Å². The van der Waals surface area contributed by atoms with Gasteiger partial charge < -0.3 is 9.97 Å². The lowest BCUT2D eigenvalue weighted by Gasteiger charge is -2.21. The van der Waals surface area contributed by atoms with E-state index < -0.39 is 23.4 Å². The summed E-state index contributed by atoms with van der Waals surface area (Å²) in [5, 5.41) is -2.17. The molecule has 1 atom stereocenters. The van der Waals surface area contributed by atoms with Gasteiger partial charge >= 0.3 is 18.0 Å². The Labute approximate surface area is 103 Å². The molecule has 2 N–H and O–H groups in total. The van der Waals surface area contributed by atoms with Gasteiger partial charge in [-0.2, -0.15) is 8.78 Å². The number of fused-ring (bicyclic) bond motifs is 1. The molecule has 3 nitrogen and oxygen atoms in total. The van der Waals surface area contributed by atoms with Crippen LogP contribution >= 0.6 is 11.6 Å². The number of hydrogen-bond donors (Lipinski definition) is 2. The van der Waals surface area contributed by atoms with Gasteiger partial charge in [0, 0.05) is 0 Å². The molecule has 1 unspecified atom stereocenters. The molecule has 0 spiro atoms. The summed E-state index contributed by atoms with van der Waals surface area (Å²) in [6.45, 7) is 0. The van der Waals surface area contributed by atoms with E-state index in [0.29, 0.717) is 5.52 Å². The highest BCUT2D eigenvalue weighted by molar-refractivity contribution is 6.21. The molecule has 0 saturated carbocycles. The minimum absolute atomic E-state index is 0.190. The largest absolute Gasteiger partial charge is 0.327 e. The Bertz CT molecular complexity index is 622. The normalized spacial score (nSPS) is 14.3. The maximum absolute atomic E-state index is 13.1. The molecule has 0 saturated heterocycles. The van der Waals surface area contributed by atoms with E-state index in [1.54, 1.807) is 0 Å². The van der Waals surface area contributed by atoms with E-state index in [-0.39, 0.29) is 11.1 Å². The van der Waals surface area contributed by atoms with Crippen molar-refractivity contribution in [2.75, 3.05) is 0 Å². The van der Waals surface area contributed by atoms with Crippen molar-refractivity contribution in [3.63, 3.8) is 0 Å². The zero-order valence-corrected chi connectivity index (χ0v) is 9.44. The fourth-order valence-corrected chi connectivity index (χ4v) is 1.77. The van der Waals surface area contributed by atoms with Gasteiger partial charge in [0.2, 0.25) is 0 Å². The SMILES string of the molecule is O=c1[nH]c2ccc(C(Cl)C(F)(F)C(F)F)cc2[nH]1. The van der Waals surface area contributed by atoms with E-state index in [1.807, 2.05) is 0 Å². The van der Waals surface area contributed by atoms with Gasteiger partial charge in [0.05, 0.1) is 11.0 Å². The zero-order valence-electron chi connectivity index (χ0n) is 8.68. The van der Waals surface area contributed by atoms with Gasteiger partial charge in [-0.1, -0.05) is 6.07 Å². The lowest BCUT2D eigenvalue weighted by molar-refractivity contribution is -0.130. The van der Waals surface area contributed by atoms with Crippen LogP contribution in [0.25, 0.3) is 11.0 Å². The third-order valence-corrected chi connectivity index (χ3v) is 3.00. The van der Waals surface area contributed by atoms with Crippen molar-refractivity contribution in [1.82, 2.24) is 9.97 Å². The van der Waals surface area contributed by atoms with Crippen LogP contribution in [0.2, 0.25) is 0 Å². The van der Waals surface area contributed by atoms with E-state index in [2.05, 4.69) is 9.97 Å². The Morgan fingerprint density at radius 3 is 2.39 bits per heavy atom. The molecule has 0 fully saturated rings. The lowest BCUT2D eigenvalue weighted by Crippen LogP contribution is -2.31. The predicted molar refractivity (Wildman–Crippen MR) is 58.5 cm³/mol. The average molecular weight is 283 g/mol. The first kappa shape index (κ1) is 12.9. The quantitative estimate of drug-likeness (QED) is 0.660. The summed E-state index contributed by atoms with van der Waals surface area (Å²) in [7, 11) is 0. The maximum atomic E-state index is 13.1. The molecule has 1 aromatic heterocycles. The molecule has 1 heterocycles. The number of imidazole rings is 1. The fraction of sp³-hybridized carbons (Fsp3) is 0.300. The number of halogens is 5. The highest BCUT2D eigenvalue weighted by Crippen LogP contribution is 2.41. The summed E-state index contributed by atoms with van der Waals surface area (Å²) in [5.41, 5.74) is -0.0974. The first-order valence-corrected chi connectivity index (χ1v) is 5.28. The predicted octanol–water partition coefficient (Wildman–Crippen LogP) is 3.04. The summed E-state index contributed by atoms with van der Waals surface area (Å²) in [6, 6.07) is 3.63. The molecular formula is C10H7ClF4N2O. The second-order valence-corrected chi connectivity index (χ2v) is 4.16. The number of rotatable bonds is 3. The molecule has 8 heteroatoms. The standard InChI is InChI=1S/C10H7ClF4N2O/c11-7(10(14,15)8(12)13)4-1-2-5-6(3-4)17-9(18)16-5/h1-3,7-8H,(H2,16,17,18). The molecule has 18 heavy (non-hydrogen) atoms. The number of H-pyrrole nitrogens is 2. The van der Waals surface area contributed by atoms with Crippen LogP contribution in [0.4, 0.5) is 17.6 Å². The van der Waals surface area contributed by atoms with Crippen LogP contribution < -0.4 is 5.69 Å². The summed E-state index contributed by atoms with van der Waals surface area (Å²) >= 11 is 5.37. The van der Waals surface area contributed by atoms with Gasteiger partial charge in [-0.05, 0) is 17.7 Å². The Balaban J connectivity index is 2.44. The summed E-state index contributed by atoms with van der Waals surface area (Å²) in [4.78, 5) is 15.7. The fourth-order valence-electron chi connectivity index (χ4n) is 1.54. The molecule has 1 aromatic carbocycles. The van der Waals surface area contributed by atoms with Crippen LogP contribution in [-0.4, -0.2) is 22.3 Å². The van der Waals surface area contributed by atoms with Gasteiger partial charge in [0.1, 0.15) is 5.38 Å². The second-order valence-electron chi connectivity index (χ2n) is 3.72. The summed E-state index contributed by atoms with van der Waals surface area (Å²) in [5.74, 6) is -4.34. The van der Waals surface area contributed by atoms with Gasteiger partial charge in [0.15, 0.2) is 0 Å². The Morgan fingerprint density at radius 2 is 1.78 bits per heavy atom. The smallest absolute Gasteiger partial charge is 0.306 e. The number of alkyl halides is 5. The van der Waals surface area contributed by atoms with Gasteiger partial charge in [-0.25, -0.2) is 13.6 Å². The average Bonchev–Trinajstić information content (AvgIpc) is 2.66. The lowest BCUT2D eigenvalue weighted by atomic mass is 10.1. The third kappa shape index (κ3) is 2.10. The summed E-state index contributed by atoms with van der Waals surface area (Å²) < 4.78 is 50.5. The topological polar surface area (TPSA) is 48.6 Å². The van der Waals surface area contributed by atoms with E-state index in [9.17, 15) is 22.4 Å². The van der Waals surface area contributed by atoms with Crippen LogP contribution in [0.3, 0.4) is 0 Å². The molecule has 0 aliphatic rings. The van der Waals surface area contributed by atoms with Crippen molar-refractivity contribution >= 4 is 22.6 Å². The third-order valence-electron chi connectivity index (χ3n) is 2.46. The Kier molecular flexibility index (Phi) is 3.10. The molecule has 0 radical (unpaired) electrons. The molecular weight excluding hydrogens is 276 g/mol. The van der Waals surface area contributed by atoms with Crippen LogP contribution in [0, 0.1) is 0 Å². The van der Waals surface area contributed by atoms with E-state index in [4.69, 9.17) is 11.6 Å². The summed E-state index contributed by atoms with van der Waals surface area (Å²) in [6.07, 6.45) is -3.86. The minimum Gasteiger partial charge on any atom is -0.306 e. The van der Waals surface area contributed by atoms with E-state index in [1.165, 1.54) is 12.1 Å². The molecule has 2 rings (SSSR count). The molecule has 0 bridgehead atoms. The monoisotopic (exact) mass is 282 g/mol. The molecule has 0 aliphatic carbocycles. The maximum Gasteiger partial charge on any atom is 0.327 e. The number of nitrogens with one attached hydrogen (secondary N) is 2. The van der Waals surface area contributed by atoms with Crippen molar-refractivity contribution in [2.24, 2.45) is 0 Å². The number of hydrogen-bond acceptors (Lipinski definition) is 1.